The maximum atomic E-state index is 3.90. The first-order valence-corrected chi connectivity index (χ1v) is 9.23. The molecule has 1 N–H and O–H groups in total. The SMILES string of the molecule is CC(CN1CCCC1)NCC1C2CC3CC(C2)CC1C3. The lowest BCUT2D eigenvalue weighted by Gasteiger charge is -2.54. The van der Waals surface area contributed by atoms with Crippen LogP contribution in [0.2, 0.25) is 0 Å². The van der Waals surface area contributed by atoms with Crippen molar-refractivity contribution < 1.29 is 0 Å². The summed E-state index contributed by atoms with van der Waals surface area (Å²) in [6.45, 7) is 7.65. The molecule has 1 aliphatic heterocycles. The van der Waals surface area contributed by atoms with Crippen molar-refractivity contribution in [3.05, 3.63) is 0 Å². The Hall–Kier alpha value is -0.0800. The average Bonchev–Trinajstić information content (AvgIpc) is 2.90. The molecule has 1 saturated heterocycles. The minimum absolute atomic E-state index is 0.685. The van der Waals surface area contributed by atoms with Gasteiger partial charge in [-0.3, -0.25) is 0 Å². The molecular weight excluding hydrogens is 244 g/mol. The van der Waals surface area contributed by atoms with Gasteiger partial charge >= 0.3 is 0 Å². The van der Waals surface area contributed by atoms with Gasteiger partial charge in [-0.15, -0.1) is 0 Å². The van der Waals surface area contributed by atoms with Gasteiger partial charge in [0.25, 0.3) is 0 Å². The summed E-state index contributed by atoms with van der Waals surface area (Å²) in [5.41, 5.74) is 0. The van der Waals surface area contributed by atoms with Gasteiger partial charge in [-0.05, 0) is 101 Å². The van der Waals surface area contributed by atoms with E-state index in [1.165, 1.54) is 39.0 Å². The lowest BCUT2D eigenvalue weighted by atomic mass is 9.52. The van der Waals surface area contributed by atoms with Gasteiger partial charge in [0.2, 0.25) is 0 Å². The molecule has 1 heterocycles. The molecule has 114 valence electrons. The van der Waals surface area contributed by atoms with Crippen LogP contribution in [-0.2, 0) is 0 Å². The van der Waals surface area contributed by atoms with Crippen molar-refractivity contribution in [2.75, 3.05) is 26.2 Å². The molecule has 4 saturated carbocycles. The fraction of sp³-hybridized carbons (Fsp3) is 1.00. The molecule has 2 nitrogen and oxygen atoms in total. The van der Waals surface area contributed by atoms with E-state index < -0.39 is 0 Å². The lowest BCUT2D eigenvalue weighted by Crippen LogP contribution is -2.50. The fourth-order valence-electron chi connectivity index (χ4n) is 6.13. The van der Waals surface area contributed by atoms with Gasteiger partial charge in [0.1, 0.15) is 0 Å². The maximum absolute atomic E-state index is 3.90. The fourth-order valence-corrected chi connectivity index (χ4v) is 6.13. The van der Waals surface area contributed by atoms with E-state index >= 15 is 0 Å². The summed E-state index contributed by atoms with van der Waals surface area (Å²) in [5, 5.41) is 3.90. The number of rotatable bonds is 5. The first kappa shape index (κ1) is 13.6. The Kier molecular flexibility index (Phi) is 3.80. The van der Waals surface area contributed by atoms with Gasteiger partial charge in [-0.2, -0.15) is 0 Å². The Balaban J connectivity index is 1.27. The molecule has 5 fully saturated rings. The largest absolute Gasteiger partial charge is 0.313 e. The summed E-state index contributed by atoms with van der Waals surface area (Å²) in [6, 6.07) is 0.685. The summed E-state index contributed by atoms with van der Waals surface area (Å²) in [4.78, 5) is 2.65. The van der Waals surface area contributed by atoms with Crippen LogP contribution in [0.25, 0.3) is 0 Å². The van der Waals surface area contributed by atoms with Crippen LogP contribution in [0.4, 0.5) is 0 Å². The van der Waals surface area contributed by atoms with Gasteiger partial charge in [0.05, 0.1) is 0 Å². The van der Waals surface area contributed by atoms with Crippen LogP contribution in [0.3, 0.4) is 0 Å². The second kappa shape index (κ2) is 5.61. The molecule has 0 aromatic carbocycles. The Labute approximate surface area is 124 Å². The molecule has 1 unspecified atom stereocenters. The van der Waals surface area contributed by atoms with E-state index in [0.29, 0.717) is 6.04 Å². The first-order chi connectivity index (χ1) is 9.78. The summed E-state index contributed by atoms with van der Waals surface area (Å²) >= 11 is 0. The Morgan fingerprint density at radius 2 is 1.55 bits per heavy atom. The van der Waals surface area contributed by atoms with Crippen molar-refractivity contribution in [2.24, 2.45) is 29.6 Å². The van der Waals surface area contributed by atoms with Crippen molar-refractivity contribution in [1.82, 2.24) is 10.2 Å². The van der Waals surface area contributed by atoms with Gasteiger partial charge < -0.3 is 10.2 Å². The third kappa shape index (κ3) is 2.66. The van der Waals surface area contributed by atoms with E-state index in [1.54, 1.807) is 32.1 Å². The number of hydrogen-bond donors (Lipinski definition) is 1. The van der Waals surface area contributed by atoms with Crippen LogP contribution in [0.5, 0.6) is 0 Å². The number of nitrogens with zero attached hydrogens (tertiary/aromatic N) is 1. The van der Waals surface area contributed by atoms with Gasteiger partial charge in [0, 0.05) is 12.6 Å². The van der Waals surface area contributed by atoms with Crippen LogP contribution in [0, 0.1) is 29.6 Å². The van der Waals surface area contributed by atoms with Crippen molar-refractivity contribution in [1.29, 1.82) is 0 Å². The summed E-state index contributed by atoms with van der Waals surface area (Å²) in [5.74, 6) is 5.42. The van der Waals surface area contributed by atoms with E-state index in [2.05, 4.69) is 17.1 Å². The highest BCUT2D eigenvalue weighted by molar-refractivity contribution is 4.98. The average molecular weight is 276 g/mol. The minimum Gasteiger partial charge on any atom is -0.313 e. The molecule has 1 atom stereocenters. The Morgan fingerprint density at radius 1 is 0.950 bits per heavy atom. The topological polar surface area (TPSA) is 15.3 Å². The zero-order valence-corrected chi connectivity index (χ0v) is 13.2. The van der Waals surface area contributed by atoms with Gasteiger partial charge in [-0.25, -0.2) is 0 Å². The minimum atomic E-state index is 0.685. The molecule has 2 heteroatoms. The van der Waals surface area contributed by atoms with Crippen LogP contribution in [0.1, 0.15) is 51.9 Å². The Bertz CT molecular complexity index is 306. The third-order valence-electron chi connectivity index (χ3n) is 6.85. The maximum Gasteiger partial charge on any atom is 0.0166 e. The summed E-state index contributed by atoms with van der Waals surface area (Å²) in [6.07, 6.45) is 10.7. The van der Waals surface area contributed by atoms with E-state index in [9.17, 15) is 0 Å². The lowest BCUT2D eigenvalue weighted by molar-refractivity contribution is -0.0363. The van der Waals surface area contributed by atoms with Crippen LogP contribution in [0.15, 0.2) is 0 Å². The zero-order chi connectivity index (χ0) is 13.5. The molecule has 4 bridgehead atoms. The molecule has 4 aliphatic carbocycles. The van der Waals surface area contributed by atoms with Crippen LogP contribution >= 0.6 is 0 Å². The van der Waals surface area contributed by atoms with Crippen molar-refractivity contribution in [3.8, 4) is 0 Å². The highest BCUT2D eigenvalue weighted by Gasteiger charge is 2.47. The van der Waals surface area contributed by atoms with Crippen molar-refractivity contribution in [3.63, 3.8) is 0 Å². The van der Waals surface area contributed by atoms with E-state index in [4.69, 9.17) is 0 Å². The first-order valence-electron chi connectivity index (χ1n) is 9.23. The van der Waals surface area contributed by atoms with Crippen molar-refractivity contribution in [2.45, 2.75) is 57.9 Å². The summed E-state index contributed by atoms with van der Waals surface area (Å²) < 4.78 is 0. The second-order valence-electron chi connectivity index (χ2n) is 8.41. The Morgan fingerprint density at radius 3 is 2.15 bits per heavy atom. The predicted octanol–water partition coefficient (Wildman–Crippen LogP) is 3.13. The highest BCUT2D eigenvalue weighted by atomic mass is 15.2. The zero-order valence-electron chi connectivity index (χ0n) is 13.2. The van der Waals surface area contributed by atoms with Gasteiger partial charge in [0.15, 0.2) is 0 Å². The second-order valence-corrected chi connectivity index (χ2v) is 8.41. The molecular formula is C18H32N2. The third-order valence-corrected chi connectivity index (χ3v) is 6.85. The number of likely N-dealkylation sites (tertiary alicyclic amines) is 1. The molecule has 0 spiro atoms. The summed E-state index contributed by atoms with van der Waals surface area (Å²) in [7, 11) is 0. The van der Waals surface area contributed by atoms with Crippen LogP contribution in [-0.4, -0.2) is 37.1 Å². The quantitative estimate of drug-likeness (QED) is 0.830. The van der Waals surface area contributed by atoms with E-state index in [0.717, 1.165) is 29.6 Å². The molecule has 0 aromatic rings. The standard InChI is InChI=1S/C18H32N2/c1-13(12-20-4-2-3-5-20)19-11-18-16-7-14-6-15(9-16)10-17(18)8-14/h13-19H,2-12H2,1H3. The molecule has 20 heavy (non-hydrogen) atoms. The molecule has 5 aliphatic rings. The van der Waals surface area contributed by atoms with Gasteiger partial charge in [-0.1, -0.05) is 0 Å². The monoisotopic (exact) mass is 276 g/mol. The van der Waals surface area contributed by atoms with Crippen LogP contribution < -0.4 is 5.32 Å². The molecule has 0 aromatic heterocycles. The highest BCUT2D eigenvalue weighted by Crippen LogP contribution is 2.56. The number of nitrogens with one attached hydrogen (secondary N) is 1. The molecule has 5 rings (SSSR count). The number of hydrogen-bond acceptors (Lipinski definition) is 2. The van der Waals surface area contributed by atoms with E-state index in [1.807, 2.05) is 0 Å². The smallest absolute Gasteiger partial charge is 0.0166 e. The molecule has 0 amide bonds. The van der Waals surface area contributed by atoms with Crippen molar-refractivity contribution >= 4 is 0 Å². The predicted molar refractivity (Wildman–Crippen MR) is 83.7 cm³/mol. The molecule has 0 radical (unpaired) electrons. The normalized spacial score (nSPS) is 45.1. The van der Waals surface area contributed by atoms with E-state index in [-0.39, 0.29) is 0 Å².